The van der Waals surface area contributed by atoms with Crippen LogP contribution in [-0.4, -0.2) is 18.2 Å². The van der Waals surface area contributed by atoms with Crippen molar-refractivity contribution in [3.63, 3.8) is 0 Å². The summed E-state index contributed by atoms with van der Waals surface area (Å²) in [5, 5.41) is 1.24. The highest BCUT2D eigenvalue weighted by Crippen LogP contribution is 2.25. The molecule has 0 unspecified atom stereocenters. The molecule has 0 radical (unpaired) electrons. The van der Waals surface area contributed by atoms with E-state index in [4.69, 9.17) is 10.5 Å². The number of ether oxygens (including phenoxy) is 1. The number of aromatic nitrogens is 1. The van der Waals surface area contributed by atoms with Gasteiger partial charge in [-0.15, -0.1) is 0 Å². The standard InChI is InChI=1S/C12H16N2O/c1-9-8-14(6-5-13)12-4-3-10(15-2)7-11(9)12/h3-4,7-8H,5-6,13H2,1-2H3. The van der Waals surface area contributed by atoms with Crippen LogP contribution in [0.5, 0.6) is 5.75 Å². The highest BCUT2D eigenvalue weighted by atomic mass is 16.5. The topological polar surface area (TPSA) is 40.2 Å². The lowest BCUT2D eigenvalue weighted by Gasteiger charge is -2.03. The van der Waals surface area contributed by atoms with Crippen molar-refractivity contribution in [2.24, 2.45) is 5.73 Å². The number of rotatable bonds is 3. The molecule has 15 heavy (non-hydrogen) atoms. The van der Waals surface area contributed by atoms with E-state index in [0.29, 0.717) is 6.54 Å². The molecule has 2 N–H and O–H groups in total. The van der Waals surface area contributed by atoms with Gasteiger partial charge in [0.1, 0.15) is 5.75 Å². The average Bonchev–Trinajstić information content (AvgIpc) is 2.56. The Balaban J connectivity index is 2.59. The molecule has 0 aliphatic rings. The van der Waals surface area contributed by atoms with E-state index in [0.717, 1.165) is 12.3 Å². The van der Waals surface area contributed by atoms with Gasteiger partial charge in [-0.1, -0.05) is 0 Å². The van der Waals surface area contributed by atoms with Crippen LogP contribution >= 0.6 is 0 Å². The van der Waals surface area contributed by atoms with E-state index in [9.17, 15) is 0 Å². The first-order valence-corrected chi connectivity index (χ1v) is 5.10. The number of hydrogen-bond acceptors (Lipinski definition) is 2. The number of aryl methyl sites for hydroxylation is 1. The number of methoxy groups -OCH3 is 1. The third-order valence-electron chi connectivity index (χ3n) is 2.66. The van der Waals surface area contributed by atoms with Crippen molar-refractivity contribution in [2.45, 2.75) is 13.5 Å². The molecule has 0 saturated heterocycles. The van der Waals surface area contributed by atoms with Gasteiger partial charge in [-0.3, -0.25) is 0 Å². The van der Waals surface area contributed by atoms with Crippen LogP contribution in [-0.2, 0) is 6.54 Å². The Morgan fingerprint density at radius 1 is 1.40 bits per heavy atom. The normalized spacial score (nSPS) is 10.9. The van der Waals surface area contributed by atoms with Gasteiger partial charge in [0.25, 0.3) is 0 Å². The Kier molecular flexibility index (Phi) is 2.64. The van der Waals surface area contributed by atoms with Crippen molar-refractivity contribution < 1.29 is 4.74 Å². The summed E-state index contributed by atoms with van der Waals surface area (Å²) in [5.41, 5.74) is 8.05. The van der Waals surface area contributed by atoms with Crippen molar-refractivity contribution in [1.82, 2.24) is 4.57 Å². The van der Waals surface area contributed by atoms with E-state index in [-0.39, 0.29) is 0 Å². The Labute approximate surface area is 89.4 Å². The van der Waals surface area contributed by atoms with Gasteiger partial charge in [0, 0.05) is 30.2 Å². The van der Waals surface area contributed by atoms with Crippen molar-refractivity contribution in [3.05, 3.63) is 30.0 Å². The van der Waals surface area contributed by atoms with E-state index >= 15 is 0 Å². The summed E-state index contributed by atoms with van der Waals surface area (Å²) < 4.78 is 7.40. The smallest absolute Gasteiger partial charge is 0.119 e. The summed E-state index contributed by atoms with van der Waals surface area (Å²) in [4.78, 5) is 0. The molecule has 3 heteroatoms. The number of nitrogens with two attached hydrogens (primary N) is 1. The van der Waals surface area contributed by atoms with Crippen LogP contribution in [0.15, 0.2) is 24.4 Å². The highest BCUT2D eigenvalue weighted by molar-refractivity contribution is 5.85. The van der Waals surface area contributed by atoms with E-state index < -0.39 is 0 Å². The maximum atomic E-state index is 5.57. The summed E-state index contributed by atoms with van der Waals surface area (Å²) in [6, 6.07) is 6.13. The minimum atomic E-state index is 0.662. The fourth-order valence-corrected chi connectivity index (χ4v) is 1.91. The summed E-state index contributed by atoms with van der Waals surface area (Å²) in [7, 11) is 1.69. The zero-order chi connectivity index (χ0) is 10.8. The number of benzene rings is 1. The number of hydrogen-bond donors (Lipinski definition) is 1. The fraction of sp³-hybridized carbons (Fsp3) is 0.333. The Morgan fingerprint density at radius 2 is 2.20 bits per heavy atom. The van der Waals surface area contributed by atoms with Gasteiger partial charge in [-0.25, -0.2) is 0 Å². The molecule has 1 aromatic carbocycles. The van der Waals surface area contributed by atoms with Gasteiger partial charge in [-0.2, -0.15) is 0 Å². The van der Waals surface area contributed by atoms with Crippen LogP contribution in [0.4, 0.5) is 0 Å². The van der Waals surface area contributed by atoms with E-state index in [2.05, 4.69) is 29.8 Å². The SMILES string of the molecule is COc1ccc2c(c1)c(C)cn2CCN. The van der Waals surface area contributed by atoms with E-state index in [1.54, 1.807) is 7.11 Å². The van der Waals surface area contributed by atoms with Gasteiger partial charge in [0.05, 0.1) is 7.11 Å². The van der Waals surface area contributed by atoms with Gasteiger partial charge in [0.15, 0.2) is 0 Å². The second kappa shape index (κ2) is 3.95. The molecule has 0 amide bonds. The Morgan fingerprint density at radius 3 is 2.87 bits per heavy atom. The lowest BCUT2D eigenvalue weighted by atomic mass is 10.2. The summed E-state index contributed by atoms with van der Waals surface area (Å²) in [5.74, 6) is 0.899. The van der Waals surface area contributed by atoms with E-state index in [1.165, 1.54) is 16.5 Å². The zero-order valence-corrected chi connectivity index (χ0v) is 9.16. The monoisotopic (exact) mass is 204 g/mol. The molecule has 80 valence electrons. The van der Waals surface area contributed by atoms with Gasteiger partial charge < -0.3 is 15.0 Å². The Hall–Kier alpha value is -1.48. The quantitative estimate of drug-likeness (QED) is 0.829. The van der Waals surface area contributed by atoms with Crippen LogP contribution in [0.2, 0.25) is 0 Å². The minimum Gasteiger partial charge on any atom is -0.497 e. The fourth-order valence-electron chi connectivity index (χ4n) is 1.91. The van der Waals surface area contributed by atoms with Gasteiger partial charge in [-0.05, 0) is 30.7 Å². The number of fused-ring (bicyclic) bond motifs is 1. The largest absolute Gasteiger partial charge is 0.497 e. The molecule has 0 fully saturated rings. The third-order valence-corrected chi connectivity index (χ3v) is 2.66. The molecular formula is C12H16N2O. The van der Waals surface area contributed by atoms with Crippen LogP contribution in [0.1, 0.15) is 5.56 Å². The Bertz CT molecular complexity index is 474. The molecule has 1 aromatic heterocycles. The molecule has 3 nitrogen and oxygen atoms in total. The molecule has 0 atom stereocenters. The molecule has 0 bridgehead atoms. The third kappa shape index (κ3) is 1.70. The average molecular weight is 204 g/mol. The minimum absolute atomic E-state index is 0.662. The molecule has 0 spiro atoms. The molecule has 0 saturated carbocycles. The highest BCUT2D eigenvalue weighted by Gasteiger charge is 2.05. The predicted molar refractivity (Wildman–Crippen MR) is 62.3 cm³/mol. The lowest BCUT2D eigenvalue weighted by molar-refractivity contribution is 0.415. The summed E-state index contributed by atoms with van der Waals surface area (Å²) >= 11 is 0. The van der Waals surface area contributed by atoms with Crippen molar-refractivity contribution in [1.29, 1.82) is 0 Å². The van der Waals surface area contributed by atoms with Gasteiger partial charge in [0.2, 0.25) is 0 Å². The first-order valence-electron chi connectivity index (χ1n) is 5.10. The summed E-state index contributed by atoms with van der Waals surface area (Å²) in [6.45, 7) is 3.63. The van der Waals surface area contributed by atoms with Crippen molar-refractivity contribution in [3.8, 4) is 5.75 Å². The predicted octanol–water partition coefficient (Wildman–Crippen LogP) is 1.92. The van der Waals surface area contributed by atoms with Gasteiger partial charge >= 0.3 is 0 Å². The molecule has 0 aliphatic carbocycles. The van der Waals surface area contributed by atoms with Crippen LogP contribution < -0.4 is 10.5 Å². The second-order valence-electron chi connectivity index (χ2n) is 3.68. The molecule has 2 rings (SSSR count). The van der Waals surface area contributed by atoms with Crippen molar-refractivity contribution in [2.75, 3.05) is 13.7 Å². The molecule has 2 aromatic rings. The van der Waals surface area contributed by atoms with Crippen LogP contribution in [0.25, 0.3) is 10.9 Å². The summed E-state index contributed by atoms with van der Waals surface area (Å²) in [6.07, 6.45) is 2.14. The van der Waals surface area contributed by atoms with Crippen LogP contribution in [0.3, 0.4) is 0 Å². The zero-order valence-electron chi connectivity index (χ0n) is 9.16. The first-order chi connectivity index (χ1) is 7.26. The first kappa shape index (κ1) is 10.1. The lowest BCUT2D eigenvalue weighted by Crippen LogP contribution is -2.08. The second-order valence-corrected chi connectivity index (χ2v) is 3.68. The maximum Gasteiger partial charge on any atom is 0.119 e. The maximum absolute atomic E-state index is 5.57. The van der Waals surface area contributed by atoms with Crippen molar-refractivity contribution >= 4 is 10.9 Å². The number of nitrogens with zero attached hydrogens (tertiary/aromatic N) is 1. The molecular weight excluding hydrogens is 188 g/mol. The van der Waals surface area contributed by atoms with Crippen LogP contribution in [0, 0.1) is 6.92 Å². The van der Waals surface area contributed by atoms with E-state index in [1.807, 2.05) is 6.07 Å². The molecule has 1 heterocycles. The molecule has 0 aliphatic heterocycles.